The quantitative estimate of drug-likeness (QED) is 0.0581. The highest BCUT2D eigenvalue weighted by atomic mass is 19.4. The molecule has 0 amide bonds. The highest BCUT2D eigenvalue weighted by Crippen LogP contribution is 2.37. The van der Waals surface area contributed by atoms with Gasteiger partial charge in [0.1, 0.15) is 28.8 Å². The first-order valence-corrected chi connectivity index (χ1v) is 41.3. The average Bonchev–Trinajstić information content (AvgIpc) is 1.47. The predicted molar refractivity (Wildman–Crippen MR) is 484 cm³/mol. The van der Waals surface area contributed by atoms with E-state index >= 15 is 0 Å². The second-order valence-electron chi connectivity index (χ2n) is 29.6. The minimum atomic E-state index is -4.42. The molecule has 0 aliphatic rings. The van der Waals surface area contributed by atoms with Gasteiger partial charge in [0.25, 0.3) is 35.3 Å². The summed E-state index contributed by atoms with van der Waals surface area (Å²) >= 11 is 0. The number of nitrogen functional groups attached to an aromatic ring is 1. The van der Waals surface area contributed by atoms with E-state index in [1.54, 1.807) is 115 Å². The Morgan fingerprint density at radius 1 is 0.315 bits per heavy atom. The summed E-state index contributed by atoms with van der Waals surface area (Å²) in [5, 5.41) is 23.8. The van der Waals surface area contributed by atoms with Crippen LogP contribution in [0.4, 0.5) is 19.0 Å². The molecule has 0 aliphatic carbocycles. The third-order valence-corrected chi connectivity index (χ3v) is 20.2. The Labute approximate surface area is 746 Å². The Hall–Kier alpha value is -16.2. The highest BCUT2D eigenvalue weighted by Gasteiger charge is 2.33. The van der Waals surface area contributed by atoms with Crippen LogP contribution in [0.1, 0.15) is 95.7 Å². The van der Waals surface area contributed by atoms with Crippen LogP contribution in [0.2, 0.25) is 0 Å². The van der Waals surface area contributed by atoms with Crippen LogP contribution in [0.5, 0.6) is 23.0 Å². The highest BCUT2D eigenvalue weighted by molar-refractivity contribution is 5.68. The van der Waals surface area contributed by atoms with Crippen molar-refractivity contribution in [3.63, 3.8) is 0 Å². The summed E-state index contributed by atoms with van der Waals surface area (Å²) in [5.41, 5.74) is 21.9. The number of hydrogen-bond donors (Lipinski definition) is 1. The molecule has 6 aromatic carbocycles. The fraction of sp³-hybridized carbons (Fsp3) is 0.204. The molecule has 0 fully saturated rings. The standard InChI is InChI=1S/C21H25N3O.2C16H15N3O2.C15H10F3N3O.C15H14N4O2.C15H13N3O2/c1-2-3-4-5-6-7-8-17-9-11-19(12-10-17)21-23-20(24-25-21)18-13-15-22-16-14-18;1-10-6-13(9-17-8-10)15-18-16(21-19-15)12-5-4-11(2)14(7-12)20-3;1-10-6-7-12(9-14(10)20-3)16-18-15(19-21-16)13-5-4-8-17-11(13)2;1-9-4-5-10(7-12(9)15(16,17)18)14-20-13(21-22-14)11-3-2-6-19-8-11;1-9-3-4-11(7-12(9)20-2)15-18-14(19-21-15)10-5-6-17-13(16)8-10;1-10-5-6-11(8-13(10)19-2)15-17-14(18-20-15)12-4-3-7-16-9-12/h9-16H,2-8H2,1H3;2*4-9H,1-3H3;2-8H,1H3;3-8H,1-2H3,(H2,16,17);3-9H,1-2H3. The maximum absolute atomic E-state index is 12.9. The summed E-state index contributed by atoms with van der Waals surface area (Å²) in [5.74, 6) is 8.90. The molecule has 0 radical (unpaired) electrons. The second-order valence-corrected chi connectivity index (χ2v) is 29.6. The van der Waals surface area contributed by atoms with Gasteiger partial charge in [-0.15, -0.1) is 0 Å². The molecule has 0 spiro atoms. The van der Waals surface area contributed by atoms with Gasteiger partial charge in [-0.3, -0.25) is 24.9 Å². The summed E-state index contributed by atoms with van der Waals surface area (Å²) in [6.07, 6.45) is 21.5. The number of pyridine rings is 6. The molecule has 0 saturated heterocycles. The van der Waals surface area contributed by atoms with Gasteiger partial charge in [0.2, 0.25) is 34.9 Å². The Balaban J connectivity index is 0.000000133. The van der Waals surface area contributed by atoms with Crippen LogP contribution in [0.3, 0.4) is 0 Å². The van der Waals surface area contributed by atoms with E-state index < -0.39 is 11.7 Å². The van der Waals surface area contributed by atoms with Gasteiger partial charge in [-0.25, -0.2) is 4.98 Å². The van der Waals surface area contributed by atoms with Gasteiger partial charge >= 0.3 is 6.18 Å². The number of aryl methyl sites for hydroxylation is 8. The number of unbranched alkanes of at least 4 members (excludes halogenated alkanes) is 5. The summed E-state index contributed by atoms with van der Waals surface area (Å²) < 4.78 is 91.8. The van der Waals surface area contributed by atoms with E-state index in [0.29, 0.717) is 70.0 Å². The third kappa shape index (κ3) is 24.3. The fourth-order valence-electron chi connectivity index (χ4n) is 13.0. The molecule has 660 valence electrons. The van der Waals surface area contributed by atoms with E-state index in [2.05, 4.69) is 122 Å². The molecule has 130 heavy (non-hydrogen) atoms. The number of hydrogen-bond acceptors (Lipinski definition) is 29. The first-order chi connectivity index (χ1) is 63.1. The monoisotopic (exact) mass is 1750 g/mol. The van der Waals surface area contributed by atoms with Crippen molar-refractivity contribution in [3.05, 3.63) is 294 Å². The van der Waals surface area contributed by atoms with E-state index in [-0.39, 0.29) is 22.8 Å². The van der Waals surface area contributed by atoms with Crippen LogP contribution in [0.15, 0.2) is 271 Å². The zero-order valence-electron chi connectivity index (χ0n) is 73.4. The van der Waals surface area contributed by atoms with Crippen molar-refractivity contribution in [2.75, 3.05) is 34.2 Å². The second kappa shape index (κ2) is 44.1. The normalized spacial score (nSPS) is 10.8. The Morgan fingerprint density at radius 3 is 1.13 bits per heavy atom. The van der Waals surface area contributed by atoms with Crippen LogP contribution in [-0.4, -0.2) is 119 Å². The van der Waals surface area contributed by atoms with Crippen molar-refractivity contribution in [1.82, 2.24) is 90.7 Å². The van der Waals surface area contributed by atoms with Crippen molar-refractivity contribution in [2.24, 2.45) is 0 Å². The minimum Gasteiger partial charge on any atom is -0.496 e. The van der Waals surface area contributed by atoms with E-state index in [4.69, 9.17) is 51.8 Å². The predicted octanol–water partition coefficient (Wildman–Crippen LogP) is 22.5. The molecule has 32 heteroatoms. The zero-order chi connectivity index (χ0) is 91.5. The lowest BCUT2D eigenvalue weighted by atomic mass is 10.0. The van der Waals surface area contributed by atoms with Crippen LogP contribution in [-0.2, 0) is 12.6 Å². The topological polar surface area (TPSA) is 374 Å². The van der Waals surface area contributed by atoms with Crippen molar-refractivity contribution >= 4 is 5.82 Å². The van der Waals surface area contributed by atoms with Gasteiger partial charge in [-0.2, -0.15) is 43.1 Å². The van der Waals surface area contributed by atoms with Crippen molar-refractivity contribution in [2.45, 2.75) is 107 Å². The van der Waals surface area contributed by atoms with Crippen LogP contribution in [0.25, 0.3) is 137 Å². The lowest BCUT2D eigenvalue weighted by Gasteiger charge is -2.10. The summed E-state index contributed by atoms with van der Waals surface area (Å²) in [6.45, 7) is 15.5. The minimum absolute atomic E-state index is 0.0318. The number of alkyl halides is 3. The molecule has 29 nitrogen and oxygen atoms in total. The van der Waals surface area contributed by atoms with Gasteiger partial charge in [-0.05, 0) is 240 Å². The maximum atomic E-state index is 12.9. The van der Waals surface area contributed by atoms with E-state index in [1.165, 1.54) is 63.1 Å². The third-order valence-electron chi connectivity index (χ3n) is 20.2. The number of benzene rings is 6. The zero-order valence-corrected chi connectivity index (χ0v) is 73.4. The molecule has 0 aliphatic heterocycles. The van der Waals surface area contributed by atoms with Gasteiger partial charge in [0.05, 0.1) is 34.0 Å². The molecule has 0 unspecified atom stereocenters. The first-order valence-electron chi connectivity index (χ1n) is 41.3. The van der Waals surface area contributed by atoms with Gasteiger partial charge in [-0.1, -0.05) is 112 Å². The number of methoxy groups -OCH3 is 4. The maximum Gasteiger partial charge on any atom is 0.416 e. The van der Waals surface area contributed by atoms with Crippen molar-refractivity contribution < 1.29 is 59.3 Å². The average molecular weight is 1750 g/mol. The number of ether oxygens (including phenoxy) is 4. The summed E-state index contributed by atoms with van der Waals surface area (Å²) in [6, 6.07) is 55.6. The molecule has 2 N–H and O–H groups in total. The molecule has 0 saturated carbocycles. The molecule has 18 aromatic rings. The molecule has 0 atom stereocenters. The van der Waals surface area contributed by atoms with Gasteiger partial charge in [0.15, 0.2) is 0 Å². The number of nitrogens with zero attached hydrogens (tertiary/aromatic N) is 18. The lowest BCUT2D eigenvalue weighted by molar-refractivity contribution is -0.138. The summed E-state index contributed by atoms with van der Waals surface area (Å²) in [4.78, 5) is 50.5. The first kappa shape index (κ1) is 91.5. The Bertz CT molecular complexity index is 6550. The van der Waals surface area contributed by atoms with Crippen LogP contribution < -0.4 is 24.7 Å². The van der Waals surface area contributed by atoms with E-state index in [0.717, 1.165) is 125 Å². The Morgan fingerprint density at radius 2 is 0.700 bits per heavy atom. The lowest BCUT2D eigenvalue weighted by Crippen LogP contribution is -2.07. The van der Waals surface area contributed by atoms with Gasteiger partial charge in [0, 0.05) is 134 Å². The van der Waals surface area contributed by atoms with Crippen LogP contribution >= 0.6 is 0 Å². The molecular formula is C98H92F3N19O10. The number of rotatable bonds is 23. The molecule has 12 aromatic heterocycles. The van der Waals surface area contributed by atoms with E-state index in [9.17, 15) is 13.2 Å². The smallest absolute Gasteiger partial charge is 0.416 e. The van der Waals surface area contributed by atoms with Gasteiger partial charge < -0.3 is 51.8 Å². The van der Waals surface area contributed by atoms with Crippen LogP contribution in [0, 0.1) is 48.5 Å². The molecule has 0 bridgehead atoms. The fourth-order valence-corrected chi connectivity index (χ4v) is 13.0. The number of aromatic nitrogens is 18. The number of nitrogens with two attached hydrogens (primary N) is 1. The van der Waals surface area contributed by atoms with Crippen molar-refractivity contribution in [1.29, 1.82) is 0 Å². The Kier molecular flexibility index (Phi) is 31.1. The number of anilines is 1. The molecular weight excluding hydrogens is 1660 g/mol. The molecule has 18 rings (SSSR count). The van der Waals surface area contributed by atoms with Crippen molar-refractivity contribution in [3.8, 4) is 160 Å². The van der Waals surface area contributed by atoms with E-state index in [1.807, 2.05) is 157 Å². The largest absolute Gasteiger partial charge is 0.496 e. The SMILES string of the molecule is CCCCCCCCc1ccc(-c2nc(-c3ccncc3)no2)cc1.COc1cc(-c2nc(-c3cccnc3)no2)ccc1C.COc1cc(-c2nc(-c3cccnc3C)no2)ccc1C.COc1cc(-c2nc(-c3ccnc(N)c3)no2)ccc1C.COc1cc(-c2nc(-c3cncc(C)c3)no2)ccc1C.Cc1ccc(-c2nc(-c3cccnc3)no2)cc1C(F)(F)F. The molecule has 12 heterocycles. The number of halogens is 3. The summed E-state index contributed by atoms with van der Waals surface area (Å²) in [7, 11) is 6.56.